The van der Waals surface area contributed by atoms with E-state index < -0.39 is 21.0 Å². The lowest BCUT2D eigenvalue weighted by atomic mass is 10.4. The van der Waals surface area contributed by atoms with Gasteiger partial charge in [0.1, 0.15) is 5.25 Å². The van der Waals surface area contributed by atoms with Crippen molar-refractivity contribution in [2.24, 2.45) is 0 Å². The molecule has 2 rings (SSSR count). The van der Waals surface area contributed by atoms with Gasteiger partial charge >= 0.3 is 0 Å². The van der Waals surface area contributed by atoms with Crippen molar-refractivity contribution in [2.45, 2.75) is 12.2 Å². The maximum atomic E-state index is 12.0. The predicted molar refractivity (Wildman–Crippen MR) is 87.5 cm³/mol. The van der Waals surface area contributed by atoms with Crippen LogP contribution in [0.25, 0.3) is 10.6 Å². The van der Waals surface area contributed by atoms with E-state index >= 15 is 0 Å². The molecule has 5 nitrogen and oxygen atoms in total. The Morgan fingerprint density at radius 2 is 2.29 bits per heavy atom. The van der Waals surface area contributed by atoms with Crippen LogP contribution in [-0.4, -0.2) is 30.3 Å². The summed E-state index contributed by atoms with van der Waals surface area (Å²) in [5.74, 6) is -0.802. The molecular formula is C13H14N2O3S3. The third-order valence-electron chi connectivity index (χ3n) is 2.77. The summed E-state index contributed by atoms with van der Waals surface area (Å²) in [6, 6.07) is 3.85. The van der Waals surface area contributed by atoms with Crippen molar-refractivity contribution in [3.8, 4) is 10.6 Å². The van der Waals surface area contributed by atoms with Crippen molar-refractivity contribution < 1.29 is 13.2 Å². The van der Waals surface area contributed by atoms with E-state index in [4.69, 9.17) is 0 Å². The Hall–Kier alpha value is -1.51. The third-order valence-corrected chi connectivity index (χ3v) is 6.41. The van der Waals surface area contributed by atoms with E-state index in [0.29, 0.717) is 5.13 Å². The van der Waals surface area contributed by atoms with Gasteiger partial charge in [0, 0.05) is 5.38 Å². The summed E-state index contributed by atoms with van der Waals surface area (Å²) < 4.78 is 23.6. The lowest BCUT2D eigenvalue weighted by Gasteiger charge is -2.10. The third kappa shape index (κ3) is 3.78. The topological polar surface area (TPSA) is 76.1 Å². The monoisotopic (exact) mass is 342 g/mol. The number of aromatic nitrogens is 1. The molecule has 2 aromatic heterocycles. The quantitative estimate of drug-likeness (QED) is 0.819. The zero-order valence-corrected chi connectivity index (χ0v) is 13.7. The molecule has 0 aliphatic rings. The minimum absolute atomic E-state index is 0.222. The van der Waals surface area contributed by atoms with Crippen molar-refractivity contribution in [1.82, 2.24) is 4.98 Å². The number of hydrogen-bond acceptors (Lipinski definition) is 6. The van der Waals surface area contributed by atoms with E-state index in [0.717, 1.165) is 10.6 Å². The Bertz CT molecular complexity index is 733. The van der Waals surface area contributed by atoms with Gasteiger partial charge in [-0.3, -0.25) is 4.79 Å². The van der Waals surface area contributed by atoms with E-state index in [2.05, 4.69) is 16.9 Å². The first-order valence-corrected chi connectivity index (χ1v) is 9.54. The number of thiophene rings is 1. The Labute approximate surface area is 131 Å². The van der Waals surface area contributed by atoms with E-state index in [1.807, 2.05) is 22.9 Å². The highest BCUT2D eigenvalue weighted by molar-refractivity contribution is 7.92. The summed E-state index contributed by atoms with van der Waals surface area (Å²) in [7, 11) is -3.52. The summed E-state index contributed by atoms with van der Waals surface area (Å²) in [6.45, 7) is 4.75. The van der Waals surface area contributed by atoms with Crippen LogP contribution in [-0.2, 0) is 14.6 Å². The van der Waals surface area contributed by atoms with Crippen LogP contribution < -0.4 is 5.32 Å². The molecule has 0 aliphatic carbocycles. The van der Waals surface area contributed by atoms with Gasteiger partial charge in [0.15, 0.2) is 15.0 Å². The summed E-state index contributed by atoms with van der Waals surface area (Å²) in [5, 5.41) is 5.57. The maximum Gasteiger partial charge on any atom is 0.244 e. The highest BCUT2D eigenvalue weighted by atomic mass is 32.2. The Morgan fingerprint density at radius 3 is 2.90 bits per heavy atom. The number of amides is 1. The van der Waals surface area contributed by atoms with Crippen LogP contribution in [0.15, 0.2) is 35.5 Å². The second kappa shape index (κ2) is 6.50. The molecule has 112 valence electrons. The van der Waals surface area contributed by atoms with Gasteiger partial charge in [0.25, 0.3) is 0 Å². The molecule has 0 aromatic carbocycles. The van der Waals surface area contributed by atoms with Gasteiger partial charge in [-0.15, -0.1) is 29.3 Å². The van der Waals surface area contributed by atoms with Crippen molar-refractivity contribution >= 4 is 43.5 Å². The molecule has 1 unspecified atom stereocenters. The van der Waals surface area contributed by atoms with E-state index in [-0.39, 0.29) is 5.75 Å². The molecule has 0 aliphatic heterocycles. The first-order valence-electron chi connectivity index (χ1n) is 6.07. The number of carbonyl (C=O) groups excluding carboxylic acids is 1. The molecule has 0 bridgehead atoms. The number of anilines is 1. The summed E-state index contributed by atoms with van der Waals surface area (Å²) >= 11 is 2.82. The van der Waals surface area contributed by atoms with Crippen LogP contribution in [0.3, 0.4) is 0 Å². The SMILES string of the molecule is C=CCS(=O)(=O)C(C)C(=O)Nc1nc(-c2cccs2)cs1. The van der Waals surface area contributed by atoms with E-state index in [1.165, 1.54) is 24.3 Å². The normalized spacial score (nSPS) is 12.8. The first kappa shape index (κ1) is 15.9. The van der Waals surface area contributed by atoms with Crippen molar-refractivity contribution in [3.05, 3.63) is 35.5 Å². The second-order valence-electron chi connectivity index (χ2n) is 4.26. The second-order valence-corrected chi connectivity index (χ2v) is 8.44. The molecule has 1 N–H and O–H groups in total. The average Bonchev–Trinajstić information content (AvgIpc) is 3.07. The van der Waals surface area contributed by atoms with Crippen LogP contribution in [0, 0.1) is 0 Å². The number of rotatable bonds is 6. The zero-order chi connectivity index (χ0) is 15.5. The number of carbonyl (C=O) groups is 1. The van der Waals surface area contributed by atoms with Gasteiger partial charge in [-0.25, -0.2) is 13.4 Å². The molecule has 0 fully saturated rings. The molecule has 2 heterocycles. The molecule has 1 atom stereocenters. The van der Waals surface area contributed by atoms with Gasteiger partial charge in [-0.1, -0.05) is 12.1 Å². The van der Waals surface area contributed by atoms with Crippen LogP contribution in [0.1, 0.15) is 6.92 Å². The van der Waals surface area contributed by atoms with Crippen LogP contribution in [0.2, 0.25) is 0 Å². The van der Waals surface area contributed by atoms with E-state index in [1.54, 1.807) is 11.3 Å². The lowest BCUT2D eigenvalue weighted by Crippen LogP contribution is -2.33. The molecule has 0 saturated heterocycles. The van der Waals surface area contributed by atoms with Gasteiger partial charge in [-0.05, 0) is 18.4 Å². The fourth-order valence-corrected chi connectivity index (χ4v) is 4.02. The van der Waals surface area contributed by atoms with Gasteiger partial charge in [-0.2, -0.15) is 0 Å². The number of nitrogens with one attached hydrogen (secondary N) is 1. The fourth-order valence-electron chi connectivity index (χ4n) is 1.55. The Morgan fingerprint density at radius 1 is 1.52 bits per heavy atom. The zero-order valence-electron chi connectivity index (χ0n) is 11.3. The van der Waals surface area contributed by atoms with Crippen LogP contribution >= 0.6 is 22.7 Å². The standard InChI is InChI=1S/C13H14N2O3S3/c1-3-7-21(17,18)9(2)12(16)15-13-14-10(8-20-13)11-5-4-6-19-11/h3-6,8-9H,1,7H2,2H3,(H,14,15,16). The fraction of sp³-hybridized carbons (Fsp3) is 0.231. The largest absolute Gasteiger partial charge is 0.301 e. The van der Waals surface area contributed by atoms with Gasteiger partial charge in [0.2, 0.25) is 5.91 Å². The Kier molecular flexibility index (Phi) is 4.92. The van der Waals surface area contributed by atoms with Crippen molar-refractivity contribution in [2.75, 3.05) is 11.1 Å². The molecular weight excluding hydrogens is 328 g/mol. The van der Waals surface area contributed by atoms with Crippen LogP contribution in [0.5, 0.6) is 0 Å². The summed E-state index contributed by atoms with van der Waals surface area (Å²) in [4.78, 5) is 17.3. The maximum absolute atomic E-state index is 12.0. The predicted octanol–water partition coefficient (Wildman–Crippen LogP) is 2.80. The number of sulfone groups is 1. The van der Waals surface area contributed by atoms with Crippen LogP contribution in [0.4, 0.5) is 5.13 Å². The highest BCUT2D eigenvalue weighted by Crippen LogP contribution is 2.28. The number of hydrogen-bond donors (Lipinski definition) is 1. The molecule has 2 aromatic rings. The first-order chi connectivity index (χ1) is 9.94. The van der Waals surface area contributed by atoms with Crippen molar-refractivity contribution in [1.29, 1.82) is 0 Å². The average molecular weight is 342 g/mol. The molecule has 0 saturated carbocycles. The molecule has 21 heavy (non-hydrogen) atoms. The smallest absolute Gasteiger partial charge is 0.244 e. The molecule has 0 radical (unpaired) electrons. The van der Waals surface area contributed by atoms with E-state index in [9.17, 15) is 13.2 Å². The molecule has 0 spiro atoms. The molecule has 1 amide bonds. The minimum Gasteiger partial charge on any atom is -0.301 e. The van der Waals surface area contributed by atoms with Gasteiger partial charge in [0.05, 0.1) is 16.3 Å². The number of nitrogens with zero attached hydrogens (tertiary/aromatic N) is 1. The lowest BCUT2D eigenvalue weighted by molar-refractivity contribution is -0.115. The highest BCUT2D eigenvalue weighted by Gasteiger charge is 2.27. The summed E-state index contributed by atoms with van der Waals surface area (Å²) in [5.41, 5.74) is 0.770. The number of thiazole rings is 1. The Balaban J connectivity index is 2.08. The summed E-state index contributed by atoms with van der Waals surface area (Å²) in [6.07, 6.45) is 1.28. The van der Waals surface area contributed by atoms with Gasteiger partial charge < -0.3 is 5.32 Å². The van der Waals surface area contributed by atoms with Crippen molar-refractivity contribution in [3.63, 3.8) is 0 Å². The minimum atomic E-state index is -3.52. The molecule has 8 heteroatoms.